The van der Waals surface area contributed by atoms with Crippen molar-refractivity contribution < 1.29 is 13.7 Å². The largest absolute Gasteiger partial charge is 0.371 e. The Morgan fingerprint density at radius 3 is 2.75 bits per heavy atom. The van der Waals surface area contributed by atoms with Crippen LogP contribution in [-0.2, 0) is 0 Å². The van der Waals surface area contributed by atoms with Crippen LogP contribution in [0.5, 0.6) is 0 Å². The van der Waals surface area contributed by atoms with Crippen molar-refractivity contribution in [3.05, 3.63) is 77.7 Å². The van der Waals surface area contributed by atoms with Gasteiger partial charge < -0.3 is 14.7 Å². The van der Waals surface area contributed by atoms with Gasteiger partial charge in [0, 0.05) is 30.9 Å². The molecule has 1 fully saturated rings. The number of fused-ring (bicyclic) bond motifs is 1. The molecule has 2 aromatic heterocycles. The van der Waals surface area contributed by atoms with E-state index in [9.17, 15) is 9.18 Å². The summed E-state index contributed by atoms with van der Waals surface area (Å²) in [7, 11) is 0. The van der Waals surface area contributed by atoms with Gasteiger partial charge in [0.2, 0.25) is 0 Å². The number of halogens is 1. The van der Waals surface area contributed by atoms with E-state index in [0.717, 1.165) is 19.5 Å². The highest BCUT2D eigenvalue weighted by Gasteiger charge is 2.24. The highest BCUT2D eigenvalue weighted by molar-refractivity contribution is 6.07. The van der Waals surface area contributed by atoms with Gasteiger partial charge in [0.25, 0.3) is 11.6 Å². The van der Waals surface area contributed by atoms with E-state index in [1.165, 1.54) is 17.8 Å². The fourth-order valence-corrected chi connectivity index (χ4v) is 4.25. The van der Waals surface area contributed by atoms with E-state index in [1.54, 1.807) is 25.1 Å². The molecule has 1 unspecified atom stereocenters. The third-order valence-corrected chi connectivity index (χ3v) is 5.96. The fraction of sp³-hybridized carbons (Fsp3) is 0.240. The van der Waals surface area contributed by atoms with Crippen LogP contribution >= 0.6 is 0 Å². The predicted octanol–water partition coefficient (Wildman–Crippen LogP) is 4.59. The molecule has 1 saturated heterocycles. The average molecular weight is 430 g/mol. The van der Waals surface area contributed by atoms with Gasteiger partial charge in [0.15, 0.2) is 0 Å². The van der Waals surface area contributed by atoms with Crippen LogP contribution in [-0.4, -0.2) is 35.7 Å². The Kier molecular flexibility index (Phi) is 5.31. The van der Waals surface area contributed by atoms with E-state index >= 15 is 0 Å². The minimum absolute atomic E-state index is 0.190. The zero-order valence-corrected chi connectivity index (χ0v) is 17.7. The van der Waals surface area contributed by atoms with E-state index in [2.05, 4.69) is 32.5 Å². The van der Waals surface area contributed by atoms with E-state index in [-0.39, 0.29) is 11.7 Å². The molecule has 4 aromatic rings. The number of para-hydroxylation sites is 1. The van der Waals surface area contributed by atoms with Crippen LogP contribution in [0.1, 0.15) is 22.5 Å². The molecule has 0 spiro atoms. The number of pyridine rings is 1. The molecule has 3 heterocycles. The summed E-state index contributed by atoms with van der Waals surface area (Å²) in [6.07, 6.45) is 1.02. The number of hydrogen-bond acceptors (Lipinski definition) is 5. The molecule has 0 bridgehead atoms. The van der Waals surface area contributed by atoms with Gasteiger partial charge in [0.05, 0.1) is 22.3 Å². The summed E-state index contributed by atoms with van der Waals surface area (Å²) >= 11 is 0. The van der Waals surface area contributed by atoms with Gasteiger partial charge in [-0.25, -0.2) is 9.37 Å². The van der Waals surface area contributed by atoms with Crippen molar-refractivity contribution >= 4 is 22.7 Å². The Hall–Kier alpha value is -3.74. The lowest BCUT2D eigenvalue weighted by atomic mass is 10.0. The Bertz CT molecular complexity index is 1250. The first-order valence-corrected chi connectivity index (χ1v) is 10.7. The van der Waals surface area contributed by atoms with Gasteiger partial charge in [-0.2, -0.15) is 0 Å². The quantitative estimate of drug-likeness (QED) is 0.501. The molecular weight excluding hydrogens is 407 g/mol. The van der Waals surface area contributed by atoms with E-state index in [4.69, 9.17) is 4.52 Å². The Morgan fingerprint density at radius 2 is 1.97 bits per heavy atom. The Morgan fingerprint density at radius 1 is 1.19 bits per heavy atom. The first-order chi connectivity index (χ1) is 15.6. The molecular formula is C25H23FN4O2. The number of nitrogens with one attached hydrogen (secondary N) is 1. The lowest BCUT2D eigenvalue weighted by Crippen LogP contribution is -2.31. The highest BCUT2D eigenvalue weighted by atomic mass is 19.1. The normalized spacial score (nSPS) is 15.9. The predicted molar refractivity (Wildman–Crippen MR) is 121 cm³/mol. The van der Waals surface area contributed by atoms with Crippen LogP contribution in [0.15, 0.2) is 65.2 Å². The number of aromatic nitrogens is 2. The number of benzene rings is 2. The zero-order chi connectivity index (χ0) is 22.1. The number of rotatable bonds is 5. The summed E-state index contributed by atoms with van der Waals surface area (Å²) in [6.45, 7) is 4.26. The van der Waals surface area contributed by atoms with Crippen molar-refractivity contribution in [2.24, 2.45) is 5.92 Å². The number of aryl methyl sites for hydroxylation is 1. The van der Waals surface area contributed by atoms with Crippen LogP contribution in [0.2, 0.25) is 0 Å². The molecule has 1 atom stereocenters. The third-order valence-electron chi connectivity index (χ3n) is 5.96. The number of carbonyl (C=O) groups excluding carboxylic acids is 1. The highest BCUT2D eigenvalue weighted by Crippen LogP contribution is 2.28. The lowest BCUT2D eigenvalue weighted by molar-refractivity contribution is 0.0950. The minimum atomic E-state index is -0.329. The van der Waals surface area contributed by atoms with Crippen LogP contribution in [0.3, 0.4) is 0 Å². The Labute approximate surface area is 185 Å². The maximum Gasteiger partial charge on any atom is 0.259 e. The number of amides is 1. The second-order valence-corrected chi connectivity index (χ2v) is 8.16. The molecule has 6 nitrogen and oxygen atoms in total. The molecule has 162 valence electrons. The smallest absolute Gasteiger partial charge is 0.259 e. The SMILES string of the molecule is Cc1noc2nc(-c3ccc(F)cc3)cc(C(=O)NCC3CCN(c4ccccc4)C3)c12. The molecule has 1 N–H and O–H groups in total. The van der Waals surface area contributed by atoms with Crippen LogP contribution in [0, 0.1) is 18.7 Å². The first kappa shape index (κ1) is 20.2. The number of carbonyl (C=O) groups is 1. The maximum atomic E-state index is 13.3. The summed E-state index contributed by atoms with van der Waals surface area (Å²) in [5.41, 5.74) is 3.82. The second-order valence-electron chi connectivity index (χ2n) is 8.16. The van der Waals surface area contributed by atoms with Crippen molar-refractivity contribution in [3.63, 3.8) is 0 Å². The lowest BCUT2D eigenvalue weighted by Gasteiger charge is -2.18. The van der Waals surface area contributed by atoms with Gasteiger partial charge in [-0.15, -0.1) is 0 Å². The standard InChI is InChI=1S/C25H23FN4O2/c1-16-23-21(13-22(28-25(23)32-29-16)18-7-9-19(26)10-8-18)24(31)27-14-17-11-12-30(15-17)20-5-3-2-4-6-20/h2-10,13,17H,11-12,14-15H2,1H3,(H,27,31). The summed E-state index contributed by atoms with van der Waals surface area (Å²) in [5, 5.41) is 7.67. The fourth-order valence-electron chi connectivity index (χ4n) is 4.25. The van der Waals surface area contributed by atoms with Crippen LogP contribution < -0.4 is 10.2 Å². The van der Waals surface area contributed by atoms with Crippen molar-refractivity contribution in [1.29, 1.82) is 0 Å². The van der Waals surface area contributed by atoms with Gasteiger partial charge in [-0.1, -0.05) is 23.4 Å². The monoisotopic (exact) mass is 430 g/mol. The number of anilines is 1. The molecule has 2 aromatic carbocycles. The summed E-state index contributed by atoms with van der Waals surface area (Å²) < 4.78 is 18.7. The van der Waals surface area contributed by atoms with Crippen molar-refractivity contribution in [1.82, 2.24) is 15.5 Å². The van der Waals surface area contributed by atoms with Crippen molar-refractivity contribution in [2.45, 2.75) is 13.3 Å². The maximum absolute atomic E-state index is 13.3. The van der Waals surface area contributed by atoms with Crippen LogP contribution in [0.25, 0.3) is 22.4 Å². The summed E-state index contributed by atoms with van der Waals surface area (Å²) in [4.78, 5) is 20.0. The Balaban J connectivity index is 1.35. The molecule has 1 aliphatic heterocycles. The third kappa shape index (κ3) is 3.93. The topological polar surface area (TPSA) is 71.3 Å². The van der Waals surface area contributed by atoms with Crippen molar-refractivity contribution in [3.8, 4) is 11.3 Å². The van der Waals surface area contributed by atoms with Gasteiger partial charge in [0.1, 0.15) is 5.82 Å². The first-order valence-electron chi connectivity index (χ1n) is 10.7. The van der Waals surface area contributed by atoms with Gasteiger partial charge in [-0.3, -0.25) is 4.79 Å². The molecule has 0 saturated carbocycles. The van der Waals surface area contributed by atoms with E-state index in [1.807, 2.05) is 18.2 Å². The summed E-state index contributed by atoms with van der Waals surface area (Å²) in [6, 6.07) is 18.0. The number of hydrogen-bond donors (Lipinski definition) is 1. The average Bonchev–Trinajstić information content (AvgIpc) is 3.45. The molecule has 1 amide bonds. The zero-order valence-electron chi connectivity index (χ0n) is 17.7. The molecule has 7 heteroatoms. The van der Waals surface area contributed by atoms with Crippen LogP contribution in [0.4, 0.5) is 10.1 Å². The minimum Gasteiger partial charge on any atom is -0.371 e. The molecule has 1 aliphatic rings. The molecule has 0 aliphatic carbocycles. The van der Waals surface area contributed by atoms with Crippen molar-refractivity contribution in [2.75, 3.05) is 24.5 Å². The van der Waals surface area contributed by atoms with E-state index < -0.39 is 0 Å². The van der Waals surface area contributed by atoms with Gasteiger partial charge >= 0.3 is 0 Å². The molecule has 32 heavy (non-hydrogen) atoms. The van der Waals surface area contributed by atoms with Gasteiger partial charge in [-0.05, 0) is 61.7 Å². The number of nitrogens with zero attached hydrogens (tertiary/aromatic N) is 3. The summed E-state index contributed by atoms with van der Waals surface area (Å²) in [5.74, 6) is -0.147. The molecule has 0 radical (unpaired) electrons. The molecule has 5 rings (SSSR count). The van der Waals surface area contributed by atoms with E-state index in [0.29, 0.717) is 46.1 Å². The second kappa shape index (κ2) is 8.42.